The predicted octanol–water partition coefficient (Wildman–Crippen LogP) is 4.44. The van der Waals surface area contributed by atoms with Gasteiger partial charge in [0, 0.05) is 31.3 Å². The van der Waals surface area contributed by atoms with E-state index in [1.807, 2.05) is 4.72 Å². The lowest BCUT2D eigenvalue weighted by atomic mass is 9.87. The van der Waals surface area contributed by atoms with Crippen molar-refractivity contribution in [1.29, 1.82) is 0 Å². The van der Waals surface area contributed by atoms with Crippen LogP contribution in [0.25, 0.3) is 0 Å². The molecule has 2 amide bonds. The summed E-state index contributed by atoms with van der Waals surface area (Å²) in [6.45, 7) is 15.4. The van der Waals surface area contributed by atoms with E-state index in [4.69, 9.17) is 47.4 Å². The third-order valence-corrected chi connectivity index (χ3v) is 12.9. The van der Waals surface area contributed by atoms with Gasteiger partial charge in [0.1, 0.15) is 48.1 Å². The second-order valence-corrected chi connectivity index (χ2v) is 23.4. The number of ether oxygens (including phenoxy) is 10. The Morgan fingerprint density at radius 3 is 1.05 bits per heavy atom. The van der Waals surface area contributed by atoms with Gasteiger partial charge in [-0.05, 0) is 59.6 Å². The number of esters is 2. The van der Waals surface area contributed by atoms with E-state index >= 15 is 0 Å². The Bertz CT molecular complexity index is 2340. The largest absolute Gasteiger partial charge is 0.459 e. The lowest BCUT2D eigenvalue weighted by Gasteiger charge is -2.32. The van der Waals surface area contributed by atoms with Crippen molar-refractivity contribution in [2.24, 2.45) is 5.41 Å². The highest BCUT2D eigenvalue weighted by Crippen LogP contribution is 2.24. The number of amides is 2. The van der Waals surface area contributed by atoms with Crippen LogP contribution in [0.4, 0.5) is 9.59 Å². The summed E-state index contributed by atoms with van der Waals surface area (Å²) in [5.41, 5.74) is -1.77. The molecule has 2 rings (SSSR count). The van der Waals surface area contributed by atoms with Crippen molar-refractivity contribution in [1.82, 2.24) is 18.1 Å². The zero-order valence-electron chi connectivity index (χ0n) is 46.0. The van der Waals surface area contributed by atoms with Crippen LogP contribution in [-0.2, 0) is 100 Å². The molecule has 26 heteroatoms. The van der Waals surface area contributed by atoms with Crippen LogP contribution in [0.5, 0.6) is 0 Å². The Kier molecular flexibility index (Phi) is 30.0. The number of hydrogen-bond donors (Lipinski definition) is 2. The molecule has 0 fully saturated rings. The normalized spacial score (nSPS) is 13.1. The fourth-order valence-corrected chi connectivity index (χ4v) is 8.72. The zero-order valence-corrected chi connectivity index (χ0v) is 47.7. The second-order valence-electron chi connectivity index (χ2n) is 20.1. The fourth-order valence-electron chi connectivity index (χ4n) is 6.33. The molecule has 0 aliphatic carbocycles. The molecule has 436 valence electrons. The summed E-state index contributed by atoms with van der Waals surface area (Å²) in [6, 6.07) is 13.9. The molecule has 2 aromatic carbocycles. The summed E-state index contributed by atoms with van der Waals surface area (Å²) in [5.74, 6) is -2.91. The monoisotopic (exact) mass is 1130 g/mol. The standard InChI is InChI=1S/C51H80N4O20S2/c1-39(56)35-42(45(58)74-50(5,6)7)54(76(62,63)52-47(60)72-37-40-17-13-11-14-18-40)21-23-66-25-27-68-29-31-70-33-34-71-32-30-69-28-26-67-24-22-55(43(36-44(57)49(2,3)4)46(59)75-51(8,9)10)77(64,65)53-48(61)73-38-41-19-15-12-16-20-41/h11-20,42-43H,21-38H2,1-10H3,(H,52,60)(H,53,61)/t42-,43-/m0/s1. The second kappa shape index (κ2) is 34.0. The van der Waals surface area contributed by atoms with Gasteiger partial charge in [0.25, 0.3) is 0 Å². The average molecular weight is 1130 g/mol. The van der Waals surface area contributed by atoms with Crippen molar-refractivity contribution in [3.63, 3.8) is 0 Å². The van der Waals surface area contributed by atoms with E-state index in [-0.39, 0.29) is 92.5 Å². The Balaban J connectivity index is 1.77. The van der Waals surface area contributed by atoms with Gasteiger partial charge >= 0.3 is 44.5 Å². The van der Waals surface area contributed by atoms with Crippen LogP contribution < -0.4 is 9.44 Å². The van der Waals surface area contributed by atoms with E-state index in [1.54, 1.807) is 128 Å². The van der Waals surface area contributed by atoms with Crippen molar-refractivity contribution in [2.75, 3.05) is 92.4 Å². The number of nitrogens with zero attached hydrogens (tertiary/aromatic N) is 2. The topological polar surface area (TPSA) is 294 Å². The van der Waals surface area contributed by atoms with Gasteiger partial charge in [-0.25, -0.2) is 19.0 Å². The molecule has 77 heavy (non-hydrogen) atoms. The van der Waals surface area contributed by atoms with Crippen molar-refractivity contribution in [2.45, 2.75) is 119 Å². The molecular weight excluding hydrogens is 1050 g/mol. The maximum Gasteiger partial charge on any atom is 0.422 e. The SMILES string of the molecule is CC(=O)C[C@@H](C(=O)OC(C)(C)C)N(CCOCCOCCOCCOCCOCCOCCN([C@@H](CC(=O)C(C)(C)C)C(=O)OC(C)(C)C)S(=O)(=O)NC(=O)OCc1ccccc1)S(=O)(=O)NC(=O)OCc1ccccc1. The third kappa shape index (κ3) is 30.0. The minimum atomic E-state index is -4.81. The molecule has 2 atom stereocenters. The van der Waals surface area contributed by atoms with Crippen LogP contribution in [0.1, 0.15) is 93.2 Å². The maximum absolute atomic E-state index is 13.7. The first-order valence-electron chi connectivity index (χ1n) is 25.0. The van der Waals surface area contributed by atoms with Gasteiger partial charge in [0.2, 0.25) is 0 Å². The molecule has 2 N–H and O–H groups in total. The van der Waals surface area contributed by atoms with Crippen molar-refractivity contribution in [3.8, 4) is 0 Å². The molecule has 24 nitrogen and oxygen atoms in total. The summed E-state index contributed by atoms with van der Waals surface area (Å²) in [5, 5.41) is 0. The molecule has 0 unspecified atom stereocenters. The van der Waals surface area contributed by atoms with Gasteiger partial charge in [-0.1, -0.05) is 81.4 Å². The van der Waals surface area contributed by atoms with E-state index in [2.05, 4.69) is 0 Å². The fraction of sp³-hybridized carbons (Fsp3) is 0.647. The zero-order chi connectivity index (χ0) is 57.7. The number of hydrogen-bond acceptors (Lipinski definition) is 20. The highest BCUT2D eigenvalue weighted by molar-refractivity contribution is 7.88. The summed E-state index contributed by atoms with van der Waals surface area (Å²) in [7, 11) is -9.58. The number of Topliss-reactive ketones (excluding diaryl/α,β-unsaturated/α-hetero) is 2. The van der Waals surface area contributed by atoms with Crippen LogP contribution in [0, 0.1) is 5.41 Å². The number of carbonyl (C=O) groups is 6. The lowest BCUT2D eigenvalue weighted by Crippen LogP contribution is -2.54. The van der Waals surface area contributed by atoms with Crippen molar-refractivity contribution in [3.05, 3.63) is 71.8 Å². The number of nitrogens with one attached hydrogen (secondary N) is 2. The predicted molar refractivity (Wildman–Crippen MR) is 279 cm³/mol. The lowest BCUT2D eigenvalue weighted by molar-refractivity contribution is -0.161. The molecule has 0 heterocycles. The molecule has 0 bridgehead atoms. The van der Waals surface area contributed by atoms with E-state index in [0.29, 0.717) is 19.7 Å². The molecule has 0 spiro atoms. The van der Waals surface area contributed by atoms with Crippen LogP contribution in [0.15, 0.2) is 60.7 Å². The molecule has 0 aliphatic rings. The highest BCUT2D eigenvalue weighted by Gasteiger charge is 2.42. The summed E-state index contributed by atoms with van der Waals surface area (Å²) < 4.78 is 114. The Hall–Kier alpha value is -5.16. The van der Waals surface area contributed by atoms with E-state index in [0.717, 1.165) is 0 Å². The van der Waals surface area contributed by atoms with Gasteiger partial charge < -0.3 is 47.4 Å². The summed E-state index contributed by atoms with van der Waals surface area (Å²) in [6.07, 6.45) is -3.66. The van der Waals surface area contributed by atoms with Crippen LogP contribution in [0.2, 0.25) is 0 Å². The van der Waals surface area contributed by atoms with Crippen molar-refractivity contribution < 1.29 is 93.0 Å². The van der Waals surface area contributed by atoms with Crippen molar-refractivity contribution >= 4 is 56.1 Å². The first-order valence-corrected chi connectivity index (χ1v) is 27.8. The van der Waals surface area contributed by atoms with E-state index in [1.165, 1.54) is 6.92 Å². The van der Waals surface area contributed by atoms with Gasteiger partial charge in [0.05, 0.1) is 79.3 Å². The Morgan fingerprint density at radius 2 is 0.766 bits per heavy atom. The number of carbonyl (C=O) groups excluding carboxylic acids is 6. The molecule has 0 aromatic heterocycles. The van der Waals surface area contributed by atoms with Gasteiger partial charge in [0.15, 0.2) is 0 Å². The molecule has 2 aromatic rings. The summed E-state index contributed by atoms with van der Waals surface area (Å²) in [4.78, 5) is 77.4. The number of rotatable bonds is 37. The smallest absolute Gasteiger partial charge is 0.422 e. The average Bonchev–Trinajstić information content (AvgIpc) is 3.32. The molecule has 0 radical (unpaired) electrons. The minimum absolute atomic E-state index is 0.0219. The quantitative estimate of drug-likeness (QED) is 0.0537. The highest BCUT2D eigenvalue weighted by atomic mass is 32.2. The molecule has 0 saturated heterocycles. The van der Waals surface area contributed by atoms with Crippen LogP contribution in [-0.4, -0.2) is 177 Å². The van der Waals surface area contributed by atoms with Crippen LogP contribution in [0.3, 0.4) is 0 Å². The van der Waals surface area contributed by atoms with Crippen LogP contribution >= 0.6 is 0 Å². The van der Waals surface area contributed by atoms with Gasteiger partial charge in [-0.3, -0.25) is 19.2 Å². The maximum atomic E-state index is 13.7. The Labute approximate surface area is 453 Å². The molecular formula is C51H80N4O20S2. The number of benzene rings is 2. The molecule has 0 saturated carbocycles. The molecule has 0 aliphatic heterocycles. The van der Waals surface area contributed by atoms with Gasteiger partial charge in [-0.15, -0.1) is 0 Å². The summed E-state index contributed by atoms with van der Waals surface area (Å²) >= 11 is 0. The minimum Gasteiger partial charge on any atom is -0.459 e. The third-order valence-electron chi connectivity index (χ3n) is 9.99. The number of ketones is 2. The Morgan fingerprint density at radius 1 is 0.468 bits per heavy atom. The van der Waals surface area contributed by atoms with Gasteiger partial charge in [-0.2, -0.15) is 25.4 Å². The van der Waals surface area contributed by atoms with E-state index in [9.17, 15) is 45.6 Å². The first-order chi connectivity index (χ1) is 36.0. The van der Waals surface area contributed by atoms with E-state index < -0.39 is 111 Å². The first kappa shape index (κ1) is 67.9.